The molecule has 2 aliphatic carbocycles. The van der Waals surface area contributed by atoms with Crippen molar-refractivity contribution in [3.8, 4) is 16.9 Å². The van der Waals surface area contributed by atoms with Crippen molar-refractivity contribution >= 4 is 43.5 Å². The first kappa shape index (κ1) is 18.2. The van der Waals surface area contributed by atoms with E-state index in [-0.39, 0.29) is 11.9 Å². The summed E-state index contributed by atoms with van der Waals surface area (Å²) < 4.78 is 6.99. The van der Waals surface area contributed by atoms with Crippen LogP contribution in [0.2, 0.25) is 0 Å². The summed E-state index contributed by atoms with van der Waals surface area (Å²) in [6.07, 6.45) is 3.46. The average Bonchev–Trinajstić information content (AvgIpc) is 3.27. The second-order valence-electron chi connectivity index (χ2n) is 8.68. The third kappa shape index (κ3) is 2.53. The summed E-state index contributed by atoms with van der Waals surface area (Å²) in [4.78, 5) is 16.8. The van der Waals surface area contributed by atoms with E-state index in [1.807, 2.05) is 19.9 Å². The highest BCUT2D eigenvalue weighted by molar-refractivity contribution is 9.10. The zero-order chi connectivity index (χ0) is 20.6. The molecule has 150 valence electrons. The molecule has 1 aromatic heterocycles. The van der Waals surface area contributed by atoms with E-state index in [4.69, 9.17) is 4.74 Å². The van der Waals surface area contributed by atoms with Crippen LogP contribution in [0.5, 0.6) is 5.75 Å². The first-order chi connectivity index (χ1) is 14.5. The van der Waals surface area contributed by atoms with Crippen molar-refractivity contribution in [2.75, 3.05) is 0 Å². The first-order valence-corrected chi connectivity index (χ1v) is 11.4. The summed E-state index contributed by atoms with van der Waals surface area (Å²) in [5.74, 6) is 1.19. The normalized spacial score (nSPS) is 15.0. The second-order valence-corrected chi connectivity index (χ2v) is 9.60. The number of rotatable bonds is 2. The van der Waals surface area contributed by atoms with Gasteiger partial charge in [-0.1, -0.05) is 22.0 Å². The maximum absolute atomic E-state index is 13.1. The Kier molecular flexibility index (Phi) is 3.91. The van der Waals surface area contributed by atoms with Gasteiger partial charge in [0.1, 0.15) is 5.75 Å². The van der Waals surface area contributed by atoms with Crippen molar-refractivity contribution in [1.29, 1.82) is 0 Å². The molecule has 0 saturated carbocycles. The molecule has 0 radical (unpaired) electrons. The molecular weight excluding hydrogens is 438 g/mol. The van der Waals surface area contributed by atoms with Gasteiger partial charge in [-0.25, -0.2) is 0 Å². The van der Waals surface area contributed by atoms with Crippen molar-refractivity contribution in [1.82, 2.24) is 4.98 Å². The number of H-pyrrole nitrogens is 1. The highest BCUT2D eigenvalue weighted by Gasteiger charge is 2.33. The smallest absolute Gasteiger partial charge is 0.164 e. The number of carbonyl (C=O) groups excluding carboxylic acids is 1. The molecule has 6 rings (SSSR count). The highest BCUT2D eigenvalue weighted by Crippen LogP contribution is 2.47. The molecule has 3 aromatic carbocycles. The summed E-state index contributed by atoms with van der Waals surface area (Å²) in [7, 11) is 0. The Morgan fingerprint density at radius 2 is 1.80 bits per heavy atom. The number of carbonyl (C=O) groups is 1. The van der Waals surface area contributed by atoms with Crippen LogP contribution in [-0.2, 0) is 19.3 Å². The summed E-state index contributed by atoms with van der Waals surface area (Å²) >= 11 is 3.62. The zero-order valence-electron chi connectivity index (χ0n) is 17.1. The van der Waals surface area contributed by atoms with E-state index in [0.29, 0.717) is 6.42 Å². The van der Waals surface area contributed by atoms with Gasteiger partial charge in [-0.05, 0) is 91.3 Å². The lowest BCUT2D eigenvalue weighted by atomic mass is 9.80. The van der Waals surface area contributed by atoms with Crippen LogP contribution in [0.15, 0.2) is 40.9 Å². The lowest BCUT2D eigenvalue weighted by Crippen LogP contribution is -2.11. The van der Waals surface area contributed by atoms with E-state index in [0.717, 1.165) is 46.1 Å². The maximum Gasteiger partial charge on any atom is 0.164 e. The van der Waals surface area contributed by atoms with Gasteiger partial charge in [-0.3, -0.25) is 4.79 Å². The Bertz CT molecular complexity index is 1380. The van der Waals surface area contributed by atoms with Crippen LogP contribution < -0.4 is 4.74 Å². The summed E-state index contributed by atoms with van der Waals surface area (Å²) in [5.41, 5.74) is 9.43. The van der Waals surface area contributed by atoms with Crippen LogP contribution in [-0.4, -0.2) is 16.9 Å². The number of halogens is 1. The van der Waals surface area contributed by atoms with Crippen molar-refractivity contribution in [3.63, 3.8) is 0 Å². The molecule has 0 aliphatic heterocycles. The Hall–Kier alpha value is -2.59. The minimum absolute atomic E-state index is 0.148. The second kappa shape index (κ2) is 6.45. The number of benzene rings is 3. The van der Waals surface area contributed by atoms with E-state index in [1.165, 1.54) is 38.5 Å². The van der Waals surface area contributed by atoms with Gasteiger partial charge < -0.3 is 9.72 Å². The number of fused-ring (bicyclic) bond motifs is 10. The topological polar surface area (TPSA) is 42.1 Å². The number of hydrogen-bond donors (Lipinski definition) is 1. The molecule has 0 bridgehead atoms. The molecule has 0 amide bonds. The SMILES string of the molecule is CC(C)Oc1ccc2c(c1)CCc1c-2c2c(c3c1[nH]c1ccc(Br)cc13)CCC2=O. The maximum atomic E-state index is 13.1. The third-order valence-corrected chi connectivity index (χ3v) is 6.95. The Labute approximate surface area is 183 Å². The fourth-order valence-electron chi connectivity index (χ4n) is 5.35. The van der Waals surface area contributed by atoms with Gasteiger partial charge in [-0.2, -0.15) is 0 Å². The van der Waals surface area contributed by atoms with Crippen LogP contribution in [0, 0.1) is 0 Å². The molecule has 30 heavy (non-hydrogen) atoms. The van der Waals surface area contributed by atoms with E-state index >= 15 is 0 Å². The predicted molar refractivity (Wildman–Crippen MR) is 125 cm³/mol. The quantitative estimate of drug-likeness (QED) is 0.359. The number of aromatic amines is 1. The first-order valence-electron chi connectivity index (χ1n) is 10.6. The lowest BCUT2D eigenvalue weighted by molar-refractivity contribution is 0.0995. The van der Waals surface area contributed by atoms with Gasteiger partial charge in [0.2, 0.25) is 0 Å². The number of ketones is 1. The fourth-order valence-corrected chi connectivity index (χ4v) is 5.71. The third-order valence-electron chi connectivity index (χ3n) is 6.46. The van der Waals surface area contributed by atoms with Gasteiger partial charge in [0.05, 0.1) is 11.6 Å². The number of ether oxygens (including phenoxy) is 1. The van der Waals surface area contributed by atoms with Gasteiger partial charge in [0.25, 0.3) is 0 Å². The molecular formula is C26H22BrNO2. The van der Waals surface area contributed by atoms with Gasteiger partial charge in [0, 0.05) is 32.7 Å². The van der Waals surface area contributed by atoms with E-state index in [2.05, 4.69) is 51.2 Å². The number of hydrogen-bond acceptors (Lipinski definition) is 2. The predicted octanol–water partition coefficient (Wildman–Crippen LogP) is 6.77. The van der Waals surface area contributed by atoms with Gasteiger partial charge in [0.15, 0.2) is 5.78 Å². The number of nitrogens with one attached hydrogen (secondary N) is 1. The number of aryl methyl sites for hydroxylation is 3. The lowest BCUT2D eigenvalue weighted by Gasteiger charge is -2.24. The molecule has 0 atom stereocenters. The number of Topliss-reactive ketones (excluding diaryl/α,β-unsaturated/α-hetero) is 1. The monoisotopic (exact) mass is 459 g/mol. The summed E-state index contributed by atoms with van der Waals surface area (Å²) in [6.45, 7) is 4.09. The average molecular weight is 460 g/mol. The zero-order valence-corrected chi connectivity index (χ0v) is 18.7. The van der Waals surface area contributed by atoms with E-state index in [9.17, 15) is 4.79 Å². The van der Waals surface area contributed by atoms with Crippen molar-refractivity contribution in [2.45, 2.75) is 45.6 Å². The van der Waals surface area contributed by atoms with E-state index in [1.54, 1.807) is 0 Å². The van der Waals surface area contributed by atoms with Crippen molar-refractivity contribution in [3.05, 3.63) is 63.1 Å². The Balaban J connectivity index is 1.69. The van der Waals surface area contributed by atoms with Gasteiger partial charge >= 0.3 is 0 Å². The highest BCUT2D eigenvalue weighted by atomic mass is 79.9. The van der Waals surface area contributed by atoms with Crippen molar-refractivity contribution in [2.24, 2.45) is 0 Å². The molecule has 4 aromatic rings. The van der Waals surface area contributed by atoms with Crippen molar-refractivity contribution < 1.29 is 9.53 Å². The Morgan fingerprint density at radius 1 is 0.967 bits per heavy atom. The molecule has 2 aliphatic rings. The largest absolute Gasteiger partial charge is 0.491 e. The minimum atomic E-state index is 0.148. The summed E-state index contributed by atoms with van der Waals surface area (Å²) in [6, 6.07) is 12.7. The minimum Gasteiger partial charge on any atom is -0.491 e. The molecule has 3 nitrogen and oxygen atoms in total. The van der Waals surface area contributed by atoms with Crippen LogP contribution in [0.25, 0.3) is 32.9 Å². The number of aromatic nitrogens is 1. The molecule has 0 fully saturated rings. The van der Waals surface area contributed by atoms with Crippen LogP contribution in [0.4, 0.5) is 0 Å². The molecule has 0 unspecified atom stereocenters. The molecule has 0 saturated heterocycles. The summed E-state index contributed by atoms with van der Waals surface area (Å²) in [5, 5.41) is 2.45. The fraction of sp³-hybridized carbons (Fsp3) is 0.269. The van der Waals surface area contributed by atoms with Crippen LogP contribution in [0.3, 0.4) is 0 Å². The standard InChI is InChI=1S/C26H22BrNO2/c1-13(2)30-16-5-7-17-14(11-16)3-6-19-23(17)25-18(8-10-22(25)29)24-20-12-15(27)4-9-21(20)28-26(19)24/h4-5,7,9,11-13,28H,3,6,8,10H2,1-2H3. The molecule has 4 heteroatoms. The van der Waals surface area contributed by atoms with Crippen LogP contribution in [0.1, 0.15) is 47.3 Å². The molecule has 1 heterocycles. The molecule has 1 N–H and O–H groups in total. The van der Waals surface area contributed by atoms with Crippen LogP contribution >= 0.6 is 15.9 Å². The van der Waals surface area contributed by atoms with Gasteiger partial charge in [-0.15, -0.1) is 0 Å². The van der Waals surface area contributed by atoms with E-state index < -0.39 is 0 Å². The molecule has 0 spiro atoms. The Morgan fingerprint density at radius 3 is 2.63 bits per heavy atom.